The molecular formula is C13H13F3. The van der Waals surface area contributed by atoms with Crippen molar-refractivity contribution in [2.24, 2.45) is 5.92 Å². The van der Waals surface area contributed by atoms with Gasteiger partial charge in [-0.05, 0) is 24.8 Å². The molecule has 3 heteroatoms. The first-order valence-corrected chi connectivity index (χ1v) is 5.18. The quantitative estimate of drug-likeness (QED) is 0.668. The van der Waals surface area contributed by atoms with Crippen LogP contribution in [-0.2, 0) is 5.41 Å². The molecule has 1 aliphatic rings. The topological polar surface area (TPSA) is 0 Å². The minimum absolute atomic E-state index is 0.128. The zero-order valence-corrected chi connectivity index (χ0v) is 9.01. The highest BCUT2D eigenvalue weighted by Crippen LogP contribution is 2.63. The van der Waals surface area contributed by atoms with Crippen LogP contribution >= 0.6 is 0 Å². The number of halogens is 3. The van der Waals surface area contributed by atoms with E-state index >= 15 is 0 Å². The summed E-state index contributed by atoms with van der Waals surface area (Å²) in [6.07, 6.45) is -2.66. The van der Waals surface area contributed by atoms with E-state index in [9.17, 15) is 13.2 Å². The number of aryl methyl sites for hydroxylation is 1. The van der Waals surface area contributed by atoms with Gasteiger partial charge in [0.25, 0.3) is 0 Å². The molecule has 86 valence electrons. The molecule has 0 amide bonds. The van der Waals surface area contributed by atoms with Crippen LogP contribution in [0.5, 0.6) is 0 Å². The van der Waals surface area contributed by atoms with Crippen LogP contribution in [0.15, 0.2) is 36.9 Å². The highest BCUT2D eigenvalue weighted by molar-refractivity contribution is 5.39. The van der Waals surface area contributed by atoms with Crippen molar-refractivity contribution in [3.05, 3.63) is 48.0 Å². The Morgan fingerprint density at radius 2 is 1.88 bits per heavy atom. The van der Waals surface area contributed by atoms with Gasteiger partial charge in [-0.3, -0.25) is 0 Å². The number of alkyl halides is 3. The van der Waals surface area contributed by atoms with Crippen molar-refractivity contribution in [3.63, 3.8) is 0 Å². The fraction of sp³-hybridized carbons (Fsp3) is 0.385. The van der Waals surface area contributed by atoms with Crippen LogP contribution in [0.4, 0.5) is 13.2 Å². The molecule has 1 aromatic carbocycles. The first-order valence-electron chi connectivity index (χ1n) is 5.18. The Bertz CT molecular complexity index is 402. The third-order valence-electron chi connectivity index (χ3n) is 3.37. The average molecular weight is 226 g/mol. The lowest BCUT2D eigenvalue weighted by Crippen LogP contribution is -2.30. The largest absolute Gasteiger partial charge is 0.399 e. The number of allylic oxidation sites excluding steroid dienone is 1. The molecule has 1 aliphatic carbocycles. The minimum atomic E-state index is -4.19. The molecule has 0 aromatic heterocycles. The van der Waals surface area contributed by atoms with Crippen molar-refractivity contribution in [1.82, 2.24) is 0 Å². The normalized spacial score (nSPS) is 28.9. The maximum absolute atomic E-state index is 13.1. The summed E-state index contributed by atoms with van der Waals surface area (Å²) in [6.45, 7) is 5.34. The van der Waals surface area contributed by atoms with Crippen molar-refractivity contribution in [2.75, 3.05) is 0 Å². The zero-order valence-electron chi connectivity index (χ0n) is 9.01. The van der Waals surface area contributed by atoms with Gasteiger partial charge < -0.3 is 0 Å². The fourth-order valence-corrected chi connectivity index (χ4v) is 2.24. The van der Waals surface area contributed by atoms with E-state index in [1.54, 1.807) is 24.3 Å². The molecule has 2 atom stereocenters. The van der Waals surface area contributed by atoms with Crippen molar-refractivity contribution in [2.45, 2.75) is 24.9 Å². The second kappa shape index (κ2) is 3.37. The lowest BCUT2D eigenvalue weighted by Gasteiger charge is -2.21. The fourth-order valence-electron chi connectivity index (χ4n) is 2.24. The molecule has 1 aromatic rings. The Hall–Kier alpha value is -1.25. The van der Waals surface area contributed by atoms with E-state index in [0.29, 0.717) is 5.56 Å². The number of hydrogen-bond donors (Lipinski definition) is 0. The highest BCUT2D eigenvalue weighted by Gasteiger charge is 2.70. The van der Waals surface area contributed by atoms with Crippen molar-refractivity contribution >= 4 is 0 Å². The second-order valence-corrected chi connectivity index (χ2v) is 4.38. The molecule has 0 heterocycles. The number of hydrogen-bond acceptors (Lipinski definition) is 0. The van der Waals surface area contributed by atoms with Crippen LogP contribution in [0.3, 0.4) is 0 Å². The lowest BCUT2D eigenvalue weighted by atomic mass is 9.92. The van der Waals surface area contributed by atoms with E-state index in [4.69, 9.17) is 0 Å². The van der Waals surface area contributed by atoms with E-state index in [1.807, 2.05) is 6.92 Å². The lowest BCUT2D eigenvalue weighted by molar-refractivity contribution is -0.163. The van der Waals surface area contributed by atoms with Gasteiger partial charge in [0.15, 0.2) is 0 Å². The first kappa shape index (κ1) is 11.2. The van der Waals surface area contributed by atoms with Crippen LogP contribution in [0.2, 0.25) is 0 Å². The van der Waals surface area contributed by atoms with Crippen LogP contribution in [0.1, 0.15) is 17.5 Å². The standard InChI is InChI=1S/C13H13F3/c1-3-10-8-12(10,13(14,15)16)11-6-4-9(2)5-7-11/h3-7,10H,1,8H2,2H3/t10?,12-/m0/s1. The molecule has 0 bridgehead atoms. The highest BCUT2D eigenvalue weighted by atomic mass is 19.4. The van der Waals surface area contributed by atoms with Gasteiger partial charge in [0.2, 0.25) is 0 Å². The minimum Gasteiger partial charge on any atom is -0.170 e. The number of benzene rings is 1. The van der Waals surface area contributed by atoms with Gasteiger partial charge >= 0.3 is 6.18 Å². The SMILES string of the molecule is C=CC1C[C@]1(c1ccc(C)cc1)C(F)(F)F. The van der Waals surface area contributed by atoms with Crippen LogP contribution < -0.4 is 0 Å². The van der Waals surface area contributed by atoms with Gasteiger partial charge in [0.05, 0.1) is 5.41 Å². The summed E-state index contributed by atoms with van der Waals surface area (Å²) >= 11 is 0. The molecule has 0 aliphatic heterocycles. The summed E-state index contributed by atoms with van der Waals surface area (Å²) in [5.41, 5.74) is -0.352. The maximum atomic E-state index is 13.1. The van der Waals surface area contributed by atoms with Gasteiger partial charge in [-0.2, -0.15) is 13.2 Å². The van der Waals surface area contributed by atoms with E-state index in [1.165, 1.54) is 6.08 Å². The summed E-state index contributed by atoms with van der Waals surface area (Å²) < 4.78 is 39.2. The molecule has 0 N–H and O–H groups in total. The van der Waals surface area contributed by atoms with Gasteiger partial charge in [0.1, 0.15) is 0 Å². The third-order valence-corrected chi connectivity index (χ3v) is 3.37. The summed E-state index contributed by atoms with van der Waals surface area (Å²) in [6, 6.07) is 6.60. The predicted molar refractivity (Wildman–Crippen MR) is 57.2 cm³/mol. The van der Waals surface area contributed by atoms with E-state index < -0.39 is 17.5 Å². The molecule has 16 heavy (non-hydrogen) atoms. The Morgan fingerprint density at radius 3 is 2.25 bits per heavy atom. The van der Waals surface area contributed by atoms with Crippen molar-refractivity contribution < 1.29 is 13.2 Å². The molecular weight excluding hydrogens is 213 g/mol. The van der Waals surface area contributed by atoms with Crippen LogP contribution in [0.25, 0.3) is 0 Å². The predicted octanol–water partition coefficient (Wildman–Crippen LogP) is 4.00. The monoisotopic (exact) mass is 226 g/mol. The Labute approximate surface area is 92.8 Å². The maximum Gasteiger partial charge on any atom is 0.399 e. The van der Waals surface area contributed by atoms with Gasteiger partial charge in [-0.15, -0.1) is 6.58 Å². The number of rotatable bonds is 2. The summed E-state index contributed by atoms with van der Waals surface area (Å²) in [7, 11) is 0. The van der Waals surface area contributed by atoms with Gasteiger partial charge in [-0.1, -0.05) is 35.9 Å². The summed E-state index contributed by atoms with van der Waals surface area (Å²) in [5.74, 6) is -0.477. The third kappa shape index (κ3) is 1.46. The molecule has 2 rings (SSSR count). The van der Waals surface area contributed by atoms with Gasteiger partial charge in [0, 0.05) is 0 Å². The molecule has 0 saturated heterocycles. The average Bonchev–Trinajstić information content (AvgIpc) is 2.93. The molecule has 0 spiro atoms. The molecule has 1 saturated carbocycles. The van der Waals surface area contributed by atoms with Crippen LogP contribution in [-0.4, -0.2) is 6.18 Å². The first-order chi connectivity index (χ1) is 7.41. The molecule has 0 radical (unpaired) electrons. The van der Waals surface area contributed by atoms with Crippen molar-refractivity contribution in [3.8, 4) is 0 Å². The molecule has 0 nitrogen and oxygen atoms in total. The Balaban J connectivity index is 2.43. The van der Waals surface area contributed by atoms with Gasteiger partial charge in [-0.25, -0.2) is 0 Å². The summed E-state index contributed by atoms with van der Waals surface area (Å²) in [4.78, 5) is 0. The Morgan fingerprint density at radius 1 is 1.31 bits per heavy atom. The molecule has 1 fully saturated rings. The Kier molecular flexibility index (Phi) is 2.37. The second-order valence-electron chi connectivity index (χ2n) is 4.38. The van der Waals surface area contributed by atoms with Crippen molar-refractivity contribution in [1.29, 1.82) is 0 Å². The van der Waals surface area contributed by atoms with E-state index in [2.05, 4.69) is 6.58 Å². The van der Waals surface area contributed by atoms with E-state index in [-0.39, 0.29) is 6.42 Å². The molecule has 1 unspecified atom stereocenters. The zero-order chi connectivity index (χ0) is 12.0. The summed E-state index contributed by atoms with van der Waals surface area (Å²) in [5, 5.41) is 0. The smallest absolute Gasteiger partial charge is 0.170 e. The van der Waals surface area contributed by atoms with Crippen LogP contribution in [0, 0.1) is 12.8 Å². The van der Waals surface area contributed by atoms with E-state index in [0.717, 1.165) is 5.56 Å².